The highest BCUT2D eigenvalue weighted by Gasteiger charge is 2.66. The summed E-state index contributed by atoms with van der Waals surface area (Å²) in [6, 6.07) is 23.5. The van der Waals surface area contributed by atoms with Gasteiger partial charge in [-0.2, -0.15) is 0 Å². The quantitative estimate of drug-likeness (QED) is 0.127. The molecule has 0 radical (unpaired) electrons. The summed E-state index contributed by atoms with van der Waals surface area (Å²) < 4.78 is 21.0. The number of carbonyl (C=O) groups excluding carboxylic acids is 2. The highest BCUT2D eigenvalue weighted by molar-refractivity contribution is 8.00. The Balaban J connectivity index is 1.31. The first-order valence-electron chi connectivity index (χ1n) is 14.7. The second-order valence-corrected chi connectivity index (χ2v) is 14.4. The average molecular weight is 716 g/mol. The first-order chi connectivity index (χ1) is 23.2. The van der Waals surface area contributed by atoms with Gasteiger partial charge >= 0.3 is 0 Å². The van der Waals surface area contributed by atoms with Crippen molar-refractivity contribution in [3.05, 3.63) is 145 Å². The van der Waals surface area contributed by atoms with Crippen molar-refractivity contribution in [3.63, 3.8) is 0 Å². The SMILES string of the molecule is Cc1ccc(CN2C(=O)C3(c4ccccc42)c2c(oc4ccc(F)cc4c2=O)C(=O)N3c2nnc(SCc3ccc(Cl)cc3Cl)s2)cc1. The maximum absolute atomic E-state index is 15.1. The molecule has 0 fully saturated rings. The monoisotopic (exact) mass is 714 g/mol. The third-order valence-electron chi connectivity index (χ3n) is 8.50. The van der Waals surface area contributed by atoms with Gasteiger partial charge in [0.1, 0.15) is 11.4 Å². The number of aromatic nitrogens is 2. The highest BCUT2D eigenvalue weighted by atomic mass is 35.5. The molecular formula is C35H21Cl2FN4O4S2. The summed E-state index contributed by atoms with van der Waals surface area (Å²) in [6.07, 6.45) is 0. The van der Waals surface area contributed by atoms with E-state index in [9.17, 15) is 14.0 Å². The number of fused-ring (bicyclic) bond motifs is 5. The number of anilines is 2. The molecule has 1 atom stereocenters. The van der Waals surface area contributed by atoms with Crippen LogP contribution in [-0.2, 0) is 22.6 Å². The molecule has 4 heterocycles. The number of hydrogen-bond acceptors (Lipinski definition) is 8. The molecular weight excluding hydrogens is 694 g/mol. The highest BCUT2D eigenvalue weighted by Crippen LogP contribution is 2.55. The predicted octanol–water partition coefficient (Wildman–Crippen LogP) is 8.14. The largest absolute Gasteiger partial charge is 0.450 e. The molecule has 1 spiro atoms. The van der Waals surface area contributed by atoms with E-state index >= 15 is 4.79 Å². The van der Waals surface area contributed by atoms with Gasteiger partial charge in [-0.3, -0.25) is 19.3 Å². The molecule has 48 heavy (non-hydrogen) atoms. The Morgan fingerprint density at radius 2 is 1.75 bits per heavy atom. The second-order valence-electron chi connectivity index (χ2n) is 11.4. The van der Waals surface area contributed by atoms with Crippen LogP contribution in [0.4, 0.5) is 15.2 Å². The Morgan fingerprint density at radius 3 is 2.54 bits per heavy atom. The minimum absolute atomic E-state index is 0.0223. The first kappa shape index (κ1) is 30.8. The molecule has 4 aromatic carbocycles. The van der Waals surface area contributed by atoms with Crippen LogP contribution in [0.1, 0.15) is 38.4 Å². The molecule has 2 aliphatic heterocycles. The van der Waals surface area contributed by atoms with Gasteiger partial charge in [-0.1, -0.05) is 100 Å². The van der Waals surface area contributed by atoms with Crippen molar-refractivity contribution in [2.45, 2.75) is 29.1 Å². The van der Waals surface area contributed by atoms with Gasteiger partial charge < -0.3 is 9.32 Å². The molecule has 8 nitrogen and oxygen atoms in total. The predicted molar refractivity (Wildman–Crippen MR) is 185 cm³/mol. The number of halogens is 3. The van der Waals surface area contributed by atoms with Crippen molar-refractivity contribution in [2.75, 3.05) is 9.80 Å². The molecule has 1 unspecified atom stereocenters. The Labute approximate surface area is 290 Å². The lowest BCUT2D eigenvalue weighted by Crippen LogP contribution is -2.53. The van der Waals surface area contributed by atoms with E-state index in [1.807, 2.05) is 37.3 Å². The molecule has 2 aliphatic rings. The fourth-order valence-electron chi connectivity index (χ4n) is 6.30. The molecule has 8 rings (SSSR count). The maximum atomic E-state index is 15.1. The van der Waals surface area contributed by atoms with E-state index in [2.05, 4.69) is 10.2 Å². The zero-order valence-corrected chi connectivity index (χ0v) is 28.0. The molecule has 0 bridgehead atoms. The summed E-state index contributed by atoms with van der Waals surface area (Å²) >= 11 is 14.9. The van der Waals surface area contributed by atoms with Crippen molar-refractivity contribution >= 4 is 79.9 Å². The van der Waals surface area contributed by atoms with Crippen LogP contribution in [0.5, 0.6) is 0 Å². The van der Waals surface area contributed by atoms with Crippen molar-refractivity contribution in [3.8, 4) is 0 Å². The van der Waals surface area contributed by atoms with Gasteiger partial charge in [0.15, 0.2) is 15.3 Å². The number of rotatable bonds is 6. The number of amides is 2. The van der Waals surface area contributed by atoms with Crippen molar-refractivity contribution in [1.29, 1.82) is 0 Å². The Hall–Kier alpha value is -4.55. The van der Waals surface area contributed by atoms with Crippen LogP contribution in [-0.4, -0.2) is 22.0 Å². The van der Waals surface area contributed by atoms with Gasteiger partial charge in [0.2, 0.25) is 10.9 Å². The Kier molecular flexibility index (Phi) is 7.40. The summed E-state index contributed by atoms with van der Waals surface area (Å²) in [4.78, 5) is 46.8. The Bertz CT molecular complexity index is 2380. The van der Waals surface area contributed by atoms with Gasteiger partial charge in [-0.05, 0) is 54.4 Å². The van der Waals surface area contributed by atoms with Crippen LogP contribution in [0.3, 0.4) is 0 Å². The summed E-state index contributed by atoms with van der Waals surface area (Å²) in [7, 11) is 0. The third-order valence-corrected chi connectivity index (χ3v) is 11.2. The number of benzene rings is 4. The summed E-state index contributed by atoms with van der Waals surface area (Å²) in [5.41, 5.74) is 0.808. The molecule has 13 heteroatoms. The van der Waals surface area contributed by atoms with Crippen LogP contribution in [0.25, 0.3) is 11.0 Å². The lowest BCUT2D eigenvalue weighted by atomic mass is 9.84. The summed E-state index contributed by atoms with van der Waals surface area (Å²) in [5.74, 6) is -1.81. The van der Waals surface area contributed by atoms with E-state index in [4.69, 9.17) is 27.6 Å². The van der Waals surface area contributed by atoms with E-state index in [-0.39, 0.29) is 34.0 Å². The molecule has 2 amide bonds. The second kappa shape index (κ2) is 11.6. The third kappa shape index (κ3) is 4.67. The lowest BCUT2D eigenvalue weighted by molar-refractivity contribution is -0.121. The Morgan fingerprint density at radius 1 is 0.958 bits per heavy atom. The van der Waals surface area contributed by atoms with Gasteiger partial charge in [0.25, 0.3) is 11.8 Å². The number of nitrogens with zero attached hydrogens (tertiary/aromatic N) is 4. The fraction of sp³-hybridized carbons (Fsp3) is 0.114. The maximum Gasteiger partial charge on any atom is 0.297 e. The molecule has 6 aromatic rings. The number of para-hydroxylation sites is 1. The standard InChI is InChI=1S/C35H21Cl2FN4O4S2/c1-18-6-8-19(9-7-18)16-41-26-5-3-2-4-24(26)35(32(41)45)28-29(43)23-15-22(38)12-13-27(23)46-30(28)31(44)42(35)33-39-40-34(48-33)47-17-20-10-11-21(36)14-25(20)37/h2-15H,16-17H2,1H3. The number of thioether (sulfide) groups is 1. The van der Waals surface area contributed by atoms with Gasteiger partial charge in [-0.25, -0.2) is 4.39 Å². The summed E-state index contributed by atoms with van der Waals surface area (Å²) in [6.45, 7) is 2.14. The number of hydrogen-bond donors (Lipinski definition) is 0. The molecule has 0 saturated heterocycles. The van der Waals surface area contributed by atoms with Crippen LogP contribution in [0, 0.1) is 12.7 Å². The molecule has 2 aromatic heterocycles. The minimum atomic E-state index is -1.99. The summed E-state index contributed by atoms with van der Waals surface area (Å²) in [5, 5.41) is 9.71. The van der Waals surface area contributed by atoms with Crippen LogP contribution in [0.2, 0.25) is 10.0 Å². The van der Waals surface area contributed by atoms with E-state index in [1.165, 1.54) is 22.7 Å². The normalized spacial score (nSPS) is 16.8. The lowest BCUT2D eigenvalue weighted by Gasteiger charge is -2.32. The topological polar surface area (TPSA) is 96.6 Å². The van der Waals surface area contributed by atoms with E-state index < -0.39 is 28.6 Å². The van der Waals surface area contributed by atoms with Crippen molar-refractivity contribution < 1.29 is 18.4 Å². The van der Waals surface area contributed by atoms with Gasteiger partial charge in [0.05, 0.1) is 23.2 Å². The molecule has 0 saturated carbocycles. The van der Waals surface area contributed by atoms with Crippen LogP contribution in [0.15, 0.2) is 98.5 Å². The van der Waals surface area contributed by atoms with Crippen LogP contribution >= 0.6 is 46.3 Å². The smallest absolute Gasteiger partial charge is 0.297 e. The number of aryl methyl sites for hydroxylation is 1. The van der Waals surface area contributed by atoms with E-state index in [0.29, 0.717) is 31.4 Å². The van der Waals surface area contributed by atoms with Gasteiger partial charge in [0, 0.05) is 21.4 Å². The molecule has 0 N–H and O–H groups in total. The molecule has 238 valence electrons. The minimum Gasteiger partial charge on any atom is -0.450 e. The number of carbonyl (C=O) groups is 2. The first-order valence-corrected chi connectivity index (χ1v) is 17.2. The van der Waals surface area contributed by atoms with Crippen LogP contribution < -0.4 is 15.2 Å². The molecule has 0 aliphatic carbocycles. The van der Waals surface area contributed by atoms with Gasteiger partial charge in [-0.15, -0.1) is 10.2 Å². The van der Waals surface area contributed by atoms with E-state index in [0.717, 1.165) is 40.2 Å². The van der Waals surface area contributed by atoms with E-state index in [1.54, 1.807) is 41.3 Å². The van der Waals surface area contributed by atoms with Crippen molar-refractivity contribution in [2.24, 2.45) is 0 Å². The average Bonchev–Trinajstić information content (AvgIpc) is 3.71. The van der Waals surface area contributed by atoms with Crippen molar-refractivity contribution in [1.82, 2.24) is 10.2 Å². The zero-order valence-electron chi connectivity index (χ0n) is 24.9. The fourth-order valence-corrected chi connectivity index (χ4v) is 8.75. The zero-order chi connectivity index (χ0) is 33.3.